The molecule has 0 radical (unpaired) electrons. The molecule has 0 saturated heterocycles. The van der Waals surface area contributed by atoms with Gasteiger partial charge in [-0.25, -0.2) is 0 Å². The van der Waals surface area contributed by atoms with Crippen LogP contribution in [0.2, 0.25) is 5.02 Å². The van der Waals surface area contributed by atoms with E-state index in [1.807, 2.05) is 37.3 Å². The fourth-order valence-corrected chi connectivity index (χ4v) is 4.01. The molecule has 3 aromatic rings. The van der Waals surface area contributed by atoms with E-state index in [4.69, 9.17) is 16.3 Å². The molecule has 0 aliphatic carbocycles. The summed E-state index contributed by atoms with van der Waals surface area (Å²) in [5.74, 6) is 0.363. The lowest BCUT2D eigenvalue weighted by Gasteiger charge is -2.07. The molecular weight excluding hydrogens is 408 g/mol. The maximum atomic E-state index is 12.5. The number of hydrogen-bond acceptors (Lipinski definition) is 4. The van der Waals surface area contributed by atoms with Gasteiger partial charge in [0.05, 0.1) is 22.6 Å². The summed E-state index contributed by atoms with van der Waals surface area (Å²) in [5, 5.41) is 5.99. The highest BCUT2D eigenvalue weighted by Gasteiger charge is 2.14. The normalized spacial score (nSPS) is 10.4. The zero-order chi connectivity index (χ0) is 20.8. The fraction of sp³-hybridized carbons (Fsp3) is 0.182. The lowest BCUT2D eigenvalue weighted by atomic mass is 10.1. The Morgan fingerprint density at radius 1 is 1.00 bits per heavy atom. The Kier molecular flexibility index (Phi) is 6.90. The molecule has 2 aromatic carbocycles. The maximum absolute atomic E-state index is 12.5. The van der Waals surface area contributed by atoms with Crippen LogP contribution in [0.5, 0.6) is 5.75 Å². The van der Waals surface area contributed by atoms with E-state index >= 15 is 0 Å². The van der Waals surface area contributed by atoms with E-state index in [9.17, 15) is 9.59 Å². The molecule has 0 fully saturated rings. The van der Waals surface area contributed by atoms with Gasteiger partial charge >= 0.3 is 0 Å². The summed E-state index contributed by atoms with van der Waals surface area (Å²) in [6, 6.07) is 16.5. The average molecular weight is 429 g/mol. The van der Waals surface area contributed by atoms with Crippen LogP contribution >= 0.6 is 22.9 Å². The van der Waals surface area contributed by atoms with Crippen LogP contribution < -0.4 is 15.4 Å². The third kappa shape index (κ3) is 5.16. The Hall–Kier alpha value is -2.83. The third-order valence-electron chi connectivity index (χ3n) is 4.36. The number of nitrogens with one attached hydrogen (secondary N) is 2. The minimum atomic E-state index is -0.265. The zero-order valence-corrected chi connectivity index (χ0v) is 17.7. The first-order valence-electron chi connectivity index (χ1n) is 9.05. The fourth-order valence-electron chi connectivity index (χ4n) is 2.83. The van der Waals surface area contributed by atoms with Gasteiger partial charge in [-0.15, -0.1) is 11.3 Å². The summed E-state index contributed by atoms with van der Waals surface area (Å²) in [7, 11) is 1.63. The first-order chi connectivity index (χ1) is 14.0. The van der Waals surface area contributed by atoms with Crippen LogP contribution in [0.15, 0.2) is 54.6 Å². The number of rotatable bonds is 7. The van der Waals surface area contributed by atoms with Crippen LogP contribution in [0.4, 0.5) is 0 Å². The molecule has 3 rings (SSSR count). The molecule has 29 heavy (non-hydrogen) atoms. The van der Waals surface area contributed by atoms with Gasteiger partial charge < -0.3 is 15.4 Å². The predicted molar refractivity (Wildman–Crippen MR) is 117 cm³/mol. The summed E-state index contributed by atoms with van der Waals surface area (Å²) in [6.45, 7) is 2.63. The number of halogens is 1. The summed E-state index contributed by atoms with van der Waals surface area (Å²) in [5.41, 5.74) is 2.47. The standard InChI is InChI=1S/C22H21ClN2O3S/c1-14-18(15-7-9-16(28-2)10-8-15)13-20(29-14)22(27)25-12-11-24-21(26)17-5-3-4-6-19(17)23/h3-10,13H,11-12H2,1-2H3,(H,24,26)(H,25,27). The molecule has 1 aromatic heterocycles. The second kappa shape index (κ2) is 9.58. The van der Waals surface area contributed by atoms with Gasteiger partial charge in [0.25, 0.3) is 11.8 Å². The number of carbonyl (C=O) groups is 2. The van der Waals surface area contributed by atoms with E-state index in [-0.39, 0.29) is 11.8 Å². The number of methoxy groups -OCH3 is 1. The molecule has 2 amide bonds. The molecule has 1 heterocycles. The highest BCUT2D eigenvalue weighted by molar-refractivity contribution is 7.14. The summed E-state index contributed by atoms with van der Waals surface area (Å²) in [4.78, 5) is 26.3. The molecule has 0 spiro atoms. The number of hydrogen-bond donors (Lipinski definition) is 2. The van der Waals surface area contributed by atoms with E-state index in [2.05, 4.69) is 10.6 Å². The topological polar surface area (TPSA) is 67.4 Å². The van der Waals surface area contributed by atoms with Gasteiger partial charge in [-0.2, -0.15) is 0 Å². The Morgan fingerprint density at radius 2 is 1.66 bits per heavy atom. The van der Waals surface area contributed by atoms with Crippen LogP contribution in [-0.4, -0.2) is 32.0 Å². The number of benzene rings is 2. The highest BCUT2D eigenvalue weighted by Crippen LogP contribution is 2.31. The van der Waals surface area contributed by atoms with E-state index in [1.54, 1.807) is 31.4 Å². The van der Waals surface area contributed by atoms with Crippen LogP contribution in [0.25, 0.3) is 11.1 Å². The molecule has 0 saturated carbocycles. The highest BCUT2D eigenvalue weighted by atomic mass is 35.5. The average Bonchev–Trinajstić information content (AvgIpc) is 3.13. The zero-order valence-electron chi connectivity index (χ0n) is 16.1. The number of carbonyl (C=O) groups excluding carboxylic acids is 2. The summed E-state index contributed by atoms with van der Waals surface area (Å²) < 4.78 is 5.19. The number of aryl methyl sites for hydroxylation is 1. The van der Waals surface area contributed by atoms with Gasteiger partial charge in [0.1, 0.15) is 5.75 Å². The maximum Gasteiger partial charge on any atom is 0.261 e. The molecule has 0 aliphatic rings. The van der Waals surface area contributed by atoms with Gasteiger partial charge in [0.15, 0.2) is 0 Å². The van der Waals surface area contributed by atoms with Gasteiger partial charge in [-0.3, -0.25) is 9.59 Å². The third-order valence-corrected chi connectivity index (χ3v) is 5.74. The SMILES string of the molecule is COc1ccc(-c2cc(C(=O)NCCNC(=O)c3ccccc3Cl)sc2C)cc1. The smallest absolute Gasteiger partial charge is 0.261 e. The van der Waals surface area contributed by atoms with Crippen molar-refractivity contribution in [2.75, 3.05) is 20.2 Å². The minimum absolute atomic E-state index is 0.162. The Balaban J connectivity index is 1.54. The molecule has 2 N–H and O–H groups in total. The van der Waals surface area contributed by atoms with Crippen LogP contribution in [0.1, 0.15) is 24.9 Å². The Bertz CT molecular complexity index is 1020. The Labute approximate surface area is 178 Å². The van der Waals surface area contributed by atoms with Crippen molar-refractivity contribution in [3.8, 4) is 16.9 Å². The van der Waals surface area contributed by atoms with Crippen LogP contribution in [-0.2, 0) is 0 Å². The monoisotopic (exact) mass is 428 g/mol. The second-order valence-electron chi connectivity index (χ2n) is 6.30. The van der Waals surface area contributed by atoms with Crippen molar-refractivity contribution < 1.29 is 14.3 Å². The lowest BCUT2D eigenvalue weighted by molar-refractivity contribution is 0.0929. The summed E-state index contributed by atoms with van der Waals surface area (Å²) >= 11 is 7.45. The quantitative estimate of drug-likeness (QED) is 0.542. The largest absolute Gasteiger partial charge is 0.497 e. The number of ether oxygens (including phenoxy) is 1. The Morgan fingerprint density at radius 3 is 2.31 bits per heavy atom. The van der Waals surface area contributed by atoms with E-state index in [1.165, 1.54) is 11.3 Å². The van der Waals surface area contributed by atoms with Crippen molar-refractivity contribution >= 4 is 34.8 Å². The van der Waals surface area contributed by atoms with Crippen LogP contribution in [0, 0.1) is 6.92 Å². The minimum Gasteiger partial charge on any atom is -0.497 e. The van der Waals surface area contributed by atoms with E-state index < -0.39 is 0 Å². The molecule has 0 aliphatic heterocycles. The van der Waals surface area contributed by atoms with Crippen molar-refractivity contribution in [3.63, 3.8) is 0 Å². The molecule has 0 unspecified atom stereocenters. The van der Waals surface area contributed by atoms with Gasteiger partial charge in [-0.1, -0.05) is 35.9 Å². The lowest BCUT2D eigenvalue weighted by Crippen LogP contribution is -2.34. The summed E-state index contributed by atoms with van der Waals surface area (Å²) in [6.07, 6.45) is 0. The molecule has 5 nitrogen and oxygen atoms in total. The van der Waals surface area contributed by atoms with Crippen molar-refractivity contribution in [3.05, 3.63) is 74.9 Å². The molecule has 7 heteroatoms. The second-order valence-corrected chi connectivity index (χ2v) is 7.96. The first kappa shape index (κ1) is 20.9. The molecule has 0 atom stereocenters. The van der Waals surface area contributed by atoms with Crippen molar-refractivity contribution in [2.24, 2.45) is 0 Å². The van der Waals surface area contributed by atoms with Crippen LogP contribution in [0.3, 0.4) is 0 Å². The molecular formula is C22H21ClN2O3S. The first-order valence-corrected chi connectivity index (χ1v) is 10.2. The predicted octanol–water partition coefficient (Wildman–Crippen LogP) is 4.55. The molecule has 0 bridgehead atoms. The van der Waals surface area contributed by atoms with Crippen molar-refractivity contribution in [1.29, 1.82) is 0 Å². The van der Waals surface area contributed by atoms with Gasteiger partial charge in [0, 0.05) is 18.0 Å². The van der Waals surface area contributed by atoms with E-state index in [0.717, 1.165) is 21.8 Å². The number of amides is 2. The van der Waals surface area contributed by atoms with E-state index in [0.29, 0.717) is 28.6 Å². The van der Waals surface area contributed by atoms with Crippen molar-refractivity contribution in [1.82, 2.24) is 10.6 Å². The van der Waals surface area contributed by atoms with Crippen molar-refractivity contribution in [2.45, 2.75) is 6.92 Å². The van der Waals surface area contributed by atoms with Gasteiger partial charge in [-0.05, 0) is 48.4 Å². The van der Waals surface area contributed by atoms with Gasteiger partial charge in [0.2, 0.25) is 0 Å². The molecule has 150 valence electrons. The number of thiophene rings is 1.